The number of benzene rings is 1. The number of nitrogens with one attached hydrogen (secondary N) is 1. The number of amides is 1. The standard InChI is InChI=1S/C15H18N2OS/c1-4-13(12-8-6-5-7-9-12)14(18)17-15-16-10(2)11(3)19-15/h5-9,13H,4H2,1-3H3,(H,16,17,18)/t13-/m1/s1. The highest BCUT2D eigenvalue weighted by atomic mass is 32.1. The number of carbonyl (C=O) groups is 1. The fraction of sp³-hybridized carbons (Fsp3) is 0.333. The molecule has 100 valence electrons. The monoisotopic (exact) mass is 274 g/mol. The second-order valence-electron chi connectivity index (χ2n) is 4.52. The Kier molecular flexibility index (Phi) is 4.32. The predicted octanol–water partition coefficient (Wildman–Crippen LogP) is 3.89. The third kappa shape index (κ3) is 3.20. The number of aryl methyl sites for hydroxylation is 2. The summed E-state index contributed by atoms with van der Waals surface area (Å²) in [6.45, 7) is 5.99. The van der Waals surface area contributed by atoms with Crippen molar-refractivity contribution < 1.29 is 4.79 Å². The topological polar surface area (TPSA) is 42.0 Å². The van der Waals surface area contributed by atoms with Crippen LogP contribution in [0, 0.1) is 13.8 Å². The van der Waals surface area contributed by atoms with Crippen LogP contribution >= 0.6 is 11.3 Å². The van der Waals surface area contributed by atoms with E-state index in [0.29, 0.717) is 5.13 Å². The highest BCUT2D eigenvalue weighted by Gasteiger charge is 2.19. The third-order valence-electron chi connectivity index (χ3n) is 3.19. The summed E-state index contributed by atoms with van der Waals surface area (Å²) in [5.41, 5.74) is 2.03. The number of carbonyl (C=O) groups excluding carboxylic acids is 1. The van der Waals surface area contributed by atoms with Crippen LogP contribution < -0.4 is 5.32 Å². The van der Waals surface area contributed by atoms with Crippen LogP contribution in [-0.2, 0) is 4.79 Å². The van der Waals surface area contributed by atoms with Gasteiger partial charge in [0.2, 0.25) is 5.91 Å². The number of hydrogen-bond donors (Lipinski definition) is 1. The molecule has 1 aromatic carbocycles. The van der Waals surface area contributed by atoms with E-state index in [1.807, 2.05) is 51.1 Å². The van der Waals surface area contributed by atoms with Gasteiger partial charge in [0.25, 0.3) is 0 Å². The van der Waals surface area contributed by atoms with Crippen LogP contribution in [0.3, 0.4) is 0 Å². The quantitative estimate of drug-likeness (QED) is 0.919. The molecule has 0 aliphatic rings. The van der Waals surface area contributed by atoms with Crippen molar-refractivity contribution in [2.75, 3.05) is 5.32 Å². The molecule has 0 aliphatic carbocycles. The molecule has 1 N–H and O–H groups in total. The van der Waals surface area contributed by atoms with Gasteiger partial charge in [0.05, 0.1) is 11.6 Å². The summed E-state index contributed by atoms with van der Waals surface area (Å²) in [5, 5.41) is 3.61. The van der Waals surface area contributed by atoms with Crippen molar-refractivity contribution in [2.24, 2.45) is 0 Å². The minimum atomic E-state index is -0.120. The summed E-state index contributed by atoms with van der Waals surface area (Å²) in [6.07, 6.45) is 0.777. The zero-order valence-corrected chi connectivity index (χ0v) is 12.3. The van der Waals surface area contributed by atoms with Gasteiger partial charge in [-0.2, -0.15) is 0 Å². The number of aromatic nitrogens is 1. The first kappa shape index (κ1) is 13.7. The largest absolute Gasteiger partial charge is 0.301 e. The van der Waals surface area contributed by atoms with Gasteiger partial charge in [-0.25, -0.2) is 4.98 Å². The van der Waals surface area contributed by atoms with Crippen LogP contribution in [0.5, 0.6) is 0 Å². The number of rotatable bonds is 4. The van der Waals surface area contributed by atoms with E-state index in [0.717, 1.165) is 22.6 Å². The molecular formula is C15H18N2OS. The van der Waals surface area contributed by atoms with Crippen molar-refractivity contribution in [1.82, 2.24) is 4.98 Å². The van der Waals surface area contributed by atoms with Gasteiger partial charge in [-0.15, -0.1) is 11.3 Å². The normalized spacial score (nSPS) is 12.2. The van der Waals surface area contributed by atoms with Crippen molar-refractivity contribution in [3.05, 3.63) is 46.5 Å². The van der Waals surface area contributed by atoms with Crippen LogP contribution in [0.4, 0.5) is 5.13 Å². The maximum Gasteiger partial charge on any atom is 0.233 e. The van der Waals surface area contributed by atoms with Crippen LogP contribution in [0.1, 0.15) is 35.4 Å². The molecule has 0 saturated carbocycles. The zero-order chi connectivity index (χ0) is 13.8. The summed E-state index contributed by atoms with van der Waals surface area (Å²) in [5.74, 6) is -0.104. The molecule has 0 unspecified atom stereocenters. The molecule has 3 nitrogen and oxygen atoms in total. The SMILES string of the molecule is CC[C@@H](C(=O)Nc1nc(C)c(C)s1)c1ccccc1. The smallest absolute Gasteiger partial charge is 0.233 e. The maximum absolute atomic E-state index is 12.3. The van der Waals surface area contributed by atoms with Crippen molar-refractivity contribution in [3.8, 4) is 0 Å². The summed E-state index contributed by atoms with van der Waals surface area (Å²) in [4.78, 5) is 17.8. The molecule has 1 aromatic heterocycles. The van der Waals surface area contributed by atoms with E-state index in [9.17, 15) is 4.79 Å². The van der Waals surface area contributed by atoms with Crippen molar-refractivity contribution in [1.29, 1.82) is 0 Å². The lowest BCUT2D eigenvalue weighted by Crippen LogP contribution is -2.20. The predicted molar refractivity (Wildman–Crippen MR) is 79.7 cm³/mol. The van der Waals surface area contributed by atoms with E-state index in [-0.39, 0.29) is 11.8 Å². The van der Waals surface area contributed by atoms with E-state index in [2.05, 4.69) is 10.3 Å². The van der Waals surface area contributed by atoms with E-state index in [1.165, 1.54) is 11.3 Å². The lowest BCUT2D eigenvalue weighted by atomic mass is 9.96. The Labute approximate surface area is 117 Å². The Morgan fingerprint density at radius 1 is 1.32 bits per heavy atom. The van der Waals surface area contributed by atoms with Gasteiger partial charge >= 0.3 is 0 Å². The first-order chi connectivity index (χ1) is 9.11. The van der Waals surface area contributed by atoms with Crippen LogP contribution in [-0.4, -0.2) is 10.9 Å². The number of nitrogens with zero attached hydrogens (tertiary/aromatic N) is 1. The van der Waals surface area contributed by atoms with Gasteiger partial charge in [-0.3, -0.25) is 4.79 Å². The molecule has 1 atom stereocenters. The number of hydrogen-bond acceptors (Lipinski definition) is 3. The Morgan fingerprint density at radius 2 is 2.00 bits per heavy atom. The first-order valence-corrected chi connectivity index (χ1v) is 7.23. The second kappa shape index (κ2) is 5.97. The highest BCUT2D eigenvalue weighted by molar-refractivity contribution is 7.15. The first-order valence-electron chi connectivity index (χ1n) is 6.41. The molecular weight excluding hydrogens is 256 g/mol. The minimum Gasteiger partial charge on any atom is -0.301 e. The number of thiazole rings is 1. The van der Waals surface area contributed by atoms with Crippen LogP contribution in [0.25, 0.3) is 0 Å². The van der Waals surface area contributed by atoms with E-state index < -0.39 is 0 Å². The Morgan fingerprint density at radius 3 is 2.53 bits per heavy atom. The second-order valence-corrected chi connectivity index (χ2v) is 5.72. The molecule has 2 rings (SSSR count). The summed E-state index contributed by atoms with van der Waals surface area (Å²) in [6, 6.07) is 9.87. The molecule has 0 saturated heterocycles. The third-order valence-corrected chi connectivity index (χ3v) is 4.17. The van der Waals surface area contributed by atoms with E-state index in [1.54, 1.807) is 0 Å². The Balaban J connectivity index is 2.14. The summed E-state index contributed by atoms with van der Waals surface area (Å²) >= 11 is 1.52. The fourth-order valence-electron chi connectivity index (χ4n) is 1.98. The van der Waals surface area contributed by atoms with Gasteiger partial charge in [0.1, 0.15) is 0 Å². The van der Waals surface area contributed by atoms with Gasteiger partial charge in [-0.05, 0) is 25.8 Å². The molecule has 2 aromatic rings. The molecule has 0 aliphatic heterocycles. The lowest BCUT2D eigenvalue weighted by Gasteiger charge is -2.13. The molecule has 0 radical (unpaired) electrons. The number of anilines is 1. The van der Waals surface area contributed by atoms with Crippen LogP contribution in [0.2, 0.25) is 0 Å². The van der Waals surface area contributed by atoms with Crippen LogP contribution in [0.15, 0.2) is 30.3 Å². The van der Waals surface area contributed by atoms with Gasteiger partial charge in [0, 0.05) is 4.88 Å². The summed E-state index contributed by atoms with van der Waals surface area (Å²) in [7, 11) is 0. The van der Waals surface area contributed by atoms with E-state index >= 15 is 0 Å². The zero-order valence-electron chi connectivity index (χ0n) is 11.4. The molecule has 1 heterocycles. The fourth-order valence-corrected chi connectivity index (χ4v) is 2.79. The molecule has 0 spiro atoms. The Hall–Kier alpha value is -1.68. The average Bonchev–Trinajstić information content (AvgIpc) is 2.70. The van der Waals surface area contributed by atoms with Crippen molar-refractivity contribution >= 4 is 22.4 Å². The van der Waals surface area contributed by atoms with Gasteiger partial charge < -0.3 is 5.32 Å². The highest BCUT2D eigenvalue weighted by Crippen LogP contribution is 2.25. The van der Waals surface area contributed by atoms with E-state index in [4.69, 9.17) is 0 Å². The molecule has 1 amide bonds. The average molecular weight is 274 g/mol. The maximum atomic E-state index is 12.3. The minimum absolute atomic E-state index is 0.0162. The van der Waals surface area contributed by atoms with Gasteiger partial charge in [0.15, 0.2) is 5.13 Å². The van der Waals surface area contributed by atoms with Crippen molar-refractivity contribution in [3.63, 3.8) is 0 Å². The molecule has 0 bridgehead atoms. The molecule has 0 fully saturated rings. The lowest BCUT2D eigenvalue weighted by molar-refractivity contribution is -0.117. The van der Waals surface area contributed by atoms with Gasteiger partial charge in [-0.1, -0.05) is 37.3 Å². The molecule has 19 heavy (non-hydrogen) atoms. The summed E-state index contributed by atoms with van der Waals surface area (Å²) < 4.78 is 0. The Bertz CT molecular complexity index is 543. The van der Waals surface area contributed by atoms with Crippen molar-refractivity contribution in [2.45, 2.75) is 33.1 Å². The molecule has 4 heteroatoms.